The Kier molecular flexibility index (Phi) is 5.92. The smallest absolute Gasteiger partial charge is 0.348 e. The lowest BCUT2D eigenvalue weighted by atomic mass is 10.1. The first-order valence-electron chi connectivity index (χ1n) is 9.57. The Morgan fingerprint density at radius 1 is 1.21 bits per heavy atom. The van der Waals surface area contributed by atoms with Crippen LogP contribution in [0.4, 0.5) is 8.78 Å². The Labute approximate surface area is 189 Å². The maximum Gasteiger partial charge on any atom is 0.348 e. The summed E-state index contributed by atoms with van der Waals surface area (Å²) in [6.45, 7) is 3.21. The van der Waals surface area contributed by atoms with E-state index in [1.807, 2.05) is 0 Å². The van der Waals surface area contributed by atoms with E-state index in [2.05, 4.69) is 25.6 Å². The first-order valence-corrected chi connectivity index (χ1v) is 10.4. The summed E-state index contributed by atoms with van der Waals surface area (Å²) in [6, 6.07) is 3.20. The molecule has 0 aromatic carbocycles. The minimum absolute atomic E-state index is 0.0928. The number of carbonyl (C=O) groups excluding carboxylic acids is 1. The van der Waals surface area contributed by atoms with Crippen molar-refractivity contribution in [2.24, 2.45) is 0 Å². The van der Waals surface area contributed by atoms with Crippen LogP contribution in [0.25, 0.3) is 16.9 Å². The molecule has 0 fully saturated rings. The van der Waals surface area contributed by atoms with Crippen LogP contribution in [0.5, 0.6) is 0 Å². The molecule has 4 aromatic heterocycles. The van der Waals surface area contributed by atoms with Gasteiger partial charge in [-0.05, 0) is 36.9 Å². The van der Waals surface area contributed by atoms with Gasteiger partial charge in [0.25, 0.3) is 5.91 Å². The van der Waals surface area contributed by atoms with Crippen molar-refractivity contribution >= 4 is 23.2 Å². The predicted octanol–water partition coefficient (Wildman–Crippen LogP) is 3.56. The Morgan fingerprint density at radius 3 is 2.70 bits per heavy atom. The predicted molar refractivity (Wildman–Crippen MR) is 114 cm³/mol. The second-order valence-electron chi connectivity index (χ2n) is 7.09. The number of nitrogens with zero attached hydrogens (tertiary/aromatic N) is 5. The van der Waals surface area contributed by atoms with Gasteiger partial charge in [0.1, 0.15) is 27.9 Å². The molecule has 0 saturated heterocycles. The minimum Gasteiger partial charge on any atom is -0.477 e. The van der Waals surface area contributed by atoms with Gasteiger partial charge in [0.05, 0.1) is 29.8 Å². The molecule has 1 amide bonds. The number of hydrogen-bond acceptors (Lipinski definition) is 7. The van der Waals surface area contributed by atoms with Gasteiger partial charge in [-0.25, -0.2) is 18.3 Å². The summed E-state index contributed by atoms with van der Waals surface area (Å²) in [5.74, 6) is -3.28. The lowest BCUT2D eigenvalue weighted by Crippen LogP contribution is -2.29. The number of hydrogen-bond donors (Lipinski definition) is 2. The highest BCUT2D eigenvalue weighted by Gasteiger charge is 2.20. The molecule has 4 rings (SSSR count). The Balaban J connectivity index is 1.54. The molecule has 168 valence electrons. The number of carboxylic acids is 1. The third-order valence-corrected chi connectivity index (χ3v) is 5.65. The molecule has 0 spiro atoms. The fourth-order valence-electron chi connectivity index (χ4n) is 3.19. The van der Waals surface area contributed by atoms with Gasteiger partial charge in [-0.15, -0.1) is 16.4 Å². The van der Waals surface area contributed by atoms with Crippen molar-refractivity contribution in [1.29, 1.82) is 0 Å². The molecule has 2 N–H and O–H groups in total. The van der Waals surface area contributed by atoms with E-state index in [0.29, 0.717) is 28.6 Å². The van der Waals surface area contributed by atoms with Gasteiger partial charge in [-0.1, -0.05) is 5.21 Å². The van der Waals surface area contributed by atoms with Crippen molar-refractivity contribution in [3.8, 4) is 16.9 Å². The van der Waals surface area contributed by atoms with Gasteiger partial charge < -0.3 is 10.4 Å². The molecule has 0 aliphatic rings. The topological polar surface area (TPSA) is 123 Å². The maximum atomic E-state index is 13.9. The average molecular weight is 470 g/mol. The van der Waals surface area contributed by atoms with E-state index < -0.39 is 29.6 Å². The van der Waals surface area contributed by atoms with Gasteiger partial charge in [0.15, 0.2) is 0 Å². The summed E-state index contributed by atoms with van der Waals surface area (Å²) >= 11 is 1.08. The van der Waals surface area contributed by atoms with Crippen LogP contribution in [0.2, 0.25) is 0 Å². The third-order valence-electron chi connectivity index (χ3n) is 4.76. The van der Waals surface area contributed by atoms with Crippen molar-refractivity contribution in [3.05, 3.63) is 75.6 Å². The van der Waals surface area contributed by atoms with E-state index in [1.165, 1.54) is 17.8 Å². The van der Waals surface area contributed by atoms with Gasteiger partial charge in [-0.2, -0.15) is 0 Å². The van der Waals surface area contributed by atoms with Crippen LogP contribution in [0.1, 0.15) is 44.4 Å². The highest BCUT2D eigenvalue weighted by atomic mass is 32.1. The van der Waals surface area contributed by atoms with Gasteiger partial charge >= 0.3 is 5.97 Å². The molecule has 33 heavy (non-hydrogen) atoms. The summed E-state index contributed by atoms with van der Waals surface area (Å²) in [6.07, 6.45) is 3.88. The van der Waals surface area contributed by atoms with Gasteiger partial charge in [0.2, 0.25) is 0 Å². The van der Waals surface area contributed by atoms with Crippen LogP contribution >= 0.6 is 11.3 Å². The molecule has 4 aromatic rings. The average Bonchev–Trinajstić information content (AvgIpc) is 3.43. The highest BCUT2D eigenvalue weighted by molar-refractivity contribution is 7.12. The number of nitrogens with one attached hydrogen (secondary N) is 1. The van der Waals surface area contributed by atoms with Crippen LogP contribution in [-0.4, -0.2) is 41.9 Å². The van der Waals surface area contributed by atoms with Crippen molar-refractivity contribution in [1.82, 2.24) is 30.3 Å². The molecule has 0 aliphatic carbocycles. The number of aryl methyl sites for hydroxylation is 1. The summed E-state index contributed by atoms with van der Waals surface area (Å²) in [5.41, 5.74) is 1.95. The second kappa shape index (κ2) is 8.82. The zero-order chi connectivity index (χ0) is 23.7. The van der Waals surface area contributed by atoms with Crippen molar-refractivity contribution < 1.29 is 23.5 Å². The number of rotatable bonds is 6. The van der Waals surface area contributed by atoms with E-state index in [0.717, 1.165) is 17.5 Å². The normalized spacial score (nSPS) is 11.9. The van der Waals surface area contributed by atoms with Gasteiger partial charge in [0, 0.05) is 17.8 Å². The summed E-state index contributed by atoms with van der Waals surface area (Å²) in [5, 5.41) is 21.6. The summed E-state index contributed by atoms with van der Waals surface area (Å²) in [4.78, 5) is 32.0. The molecule has 1 unspecified atom stereocenters. The van der Waals surface area contributed by atoms with E-state index in [9.17, 15) is 23.5 Å². The molecule has 0 saturated carbocycles. The molecular formula is C21H16F2N6O3S. The second-order valence-corrected chi connectivity index (χ2v) is 8.01. The zero-order valence-corrected chi connectivity index (χ0v) is 18.1. The Hall–Kier alpha value is -4.06. The molecule has 0 bridgehead atoms. The van der Waals surface area contributed by atoms with Crippen LogP contribution in [0.3, 0.4) is 0 Å². The number of aromatic carboxylic acids is 1. The Bertz CT molecular complexity index is 1370. The molecule has 1 atom stereocenters. The highest BCUT2D eigenvalue weighted by Crippen LogP contribution is 2.24. The zero-order valence-electron chi connectivity index (χ0n) is 17.3. The fraction of sp³-hybridized carbons (Fsp3) is 0.143. The molecule has 12 heteroatoms. The third kappa shape index (κ3) is 4.46. The number of thiophene rings is 1. The lowest BCUT2D eigenvalue weighted by molar-refractivity contribution is 0.0701. The number of amides is 1. The monoisotopic (exact) mass is 470 g/mol. The lowest BCUT2D eigenvalue weighted by Gasteiger charge is -2.15. The van der Waals surface area contributed by atoms with Gasteiger partial charge in [-0.3, -0.25) is 14.8 Å². The minimum atomic E-state index is -1.06. The summed E-state index contributed by atoms with van der Waals surface area (Å²) in [7, 11) is 0. The largest absolute Gasteiger partial charge is 0.477 e. The van der Waals surface area contributed by atoms with Crippen molar-refractivity contribution in [2.75, 3.05) is 0 Å². The number of halogens is 2. The van der Waals surface area contributed by atoms with Crippen molar-refractivity contribution in [2.45, 2.75) is 19.9 Å². The van der Waals surface area contributed by atoms with Crippen LogP contribution in [0.15, 0.2) is 42.2 Å². The quantitative estimate of drug-likeness (QED) is 0.442. The number of carboxylic acid groups (broad SMARTS) is 1. The maximum absolute atomic E-state index is 13.9. The van der Waals surface area contributed by atoms with Crippen LogP contribution < -0.4 is 5.32 Å². The van der Waals surface area contributed by atoms with E-state index >= 15 is 0 Å². The first-order chi connectivity index (χ1) is 15.7. The fourth-order valence-corrected chi connectivity index (χ4v) is 3.90. The molecule has 9 nitrogen and oxygen atoms in total. The van der Waals surface area contributed by atoms with Crippen LogP contribution in [0, 0.1) is 18.6 Å². The van der Waals surface area contributed by atoms with Crippen LogP contribution in [-0.2, 0) is 0 Å². The molecular weight excluding hydrogens is 454 g/mol. The molecule has 0 aliphatic heterocycles. The van der Waals surface area contributed by atoms with Crippen molar-refractivity contribution in [3.63, 3.8) is 0 Å². The number of aromatic nitrogens is 5. The molecule has 4 heterocycles. The molecule has 0 radical (unpaired) electrons. The first kappa shape index (κ1) is 22.1. The SMILES string of the molecule is Cc1cc(-c2cn(-c3ccsc3C(=O)O)nn2)cnc1C(=O)NC(C)c1ncc(F)cc1F. The standard InChI is InChI=1S/C21H16F2N6O3S/c1-10-5-12(15-9-29(28-27-15)16-3-4-33-19(16)21(31)32)7-24-17(10)20(30)26-11(2)18-14(23)6-13(22)8-25-18/h3-9,11H,1-2H3,(H,26,30)(H,31,32). The summed E-state index contributed by atoms with van der Waals surface area (Å²) < 4.78 is 28.4. The number of carbonyl (C=O) groups is 2. The van der Waals surface area contributed by atoms with E-state index in [-0.39, 0.29) is 16.3 Å². The Morgan fingerprint density at radius 2 is 2.00 bits per heavy atom. The van der Waals surface area contributed by atoms with E-state index in [4.69, 9.17) is 0 Å². The number of pyridine rings is 2. The van der Waals surface area contributed by atoms with E-state index in [1.54, 1.807) is 30.6 Å².